The first kappa shape index (κ1) is 9.85. The van der Waals surface area contributed by atoms with E-state index in [0.29, 0.717) is 0 Å². The monoisotopic (exact) mass is 220 g/mol. The molecule has 0 aliphatic rings. The number of aromatic nitrogens is 1. The summed E-state index contributed by atoms with van der Waals surface area (Å²) in [6.45, 7) is 0. The zero-order chi connectivity index (χ0) is 11.7. The standard InChI is InChI=1S/C15H12N2/c16-13-6-3-5-11(8-13)15-10-17-9-12-4-1-2-7-14(12)15/h1-10H,16H2. The minimum Gasteiger partial charge on any atom is -0.399 e. The highest BCUT2D eigenvalue weighted by atomic mass is 14.6. The van der Waals surface area contributed by atoms with E-state index in [-0.39, 0.29) is 0 Å². The predicted octanol–water partition coefficient (Wildman–Crippen LogP) is 3.48. The maximum atomic E-state index is 5.82. The lowest BCUT2D eigenvalue weighted by Crippen LogP contribution is -1.87. The second kappa shape index (κ2) is 3.91. The van der Waals surface area contributed by atoms with Gasteiger partial charge in [0.2, 0.25) is 0 Å². The van der Waals surface area contributed by atoms with Crippen molar-refractivity contribution in [2.24, 2.45) is 0 Å². The molecule has 0 bridgehead atoms. The molecule has 0 radical (unpaired) electrons. The van der Waals surface area contributed by atoms with Crippen LogP contribution in [0.5, 0.6) is 0 Å². The summed E-state index contributed by atoms with van der Waals surface area (Å²) in [6, 6.07) is 16.1. The summed E-state index contributed by atoms with van der Waals surface area (Å²) in [6.07, 6.45) is 3.77. The highest BCUT2D eigenvalue weighted by molar-refractivity contribution is 5.96. The lowest BCUT2D eigenvalue weighted by atomic mass is 10.0. The Kier molecular flexibility index (Phi) is 2.26. The Morgan fingerprint density at radius 3 is 2.65 bits per heavy atom. The second-order valence-electron chi connectivity index (χ2n) is 4.03. The molecule has 1 heterocycles. The number of rotatable bonds is 1. The Hall–Kier alpha value is -2.35. The Bertz CT molecular complexity index is 669. The molecule has 1 aromatic heterocycles. The molecule has 17 heavy (non-hydrogen) atoms. The van der Waals surface area contributed by atoms with Gasteiger partial charge < -0.3 is 5.73 Å². The minimum absolute atomic E-state index is 0.774. The van der Waals surface area contributed by atoms with E-state index in [1.807, 2.05) is 42.7 Å². The van der Waals surface area contributed by atoms with Crippen LogP contribution in [0.3, 0.4) is 0 Å². The Morgan fingerprint density at radius 2 is 1.76 bits per heavy atom. The zero-order valence-corrected chi connectivity index (χ0v) is 9.30. The largest absolute Gasteiger partial charge is 0.399 e. The van der Waals surface area contributed by atoms with Gasteiger partial charge in [0.05, 0.1) is 0 Å². The third-order valence-electron chi connectivity index (χ3n) is 2.87. The summed E-state index contributed by atoms with van der Waals surface area (Å²) in [5.74, 6) is 0. The van der Waals surface area contributed by atoms with Gasteiger partial charge in [0.25, 0.3) is 0 Å². The molecule has 0 fully saturated rings. The maximum absolute atomic E-state index is 5.82. The molecular formula is C15H12N2. The summed E-state index contributed by atoms with van der Waals surface area (Å²) in [7, 11) is 0. The van der Waals surface area contributed by atoms with Crippen molar-refractivity contribution in [3.05, 3.63) is 60.9 Å². The van der Waals surface area contributed by atoms with Crippen LogP contribution in [-0.4, -0.2) is 4.98 Å². The molecule has 0 saturated carbocycles. The van der Waals surface area contributed by atoms with E-state index in [4.69, 9.17) is 5.73 Å². The van der Waals surface area contributed by atoms with E-state index in [1.54, 1.807) is 0 Å². The summed E-state index contributed by atoms with van der Waals surface area (Å²) in [5, 5.41) is 2.35. The molecule has 0 spiro atoms. The normalized spacial score (nSPS) is 10.6. The maximum Gasteiger partial charge on any atom is 0.0352 e. The number of nitrogens with two attached hydrogens (primary N) is 1. The molecule has 0 aliphatic heterocycles. The predicted molar refractivity (Wildman–Crippen MR) is 71.6 cm³/mol. The number of pyridine rings is 1. The molecule has 2 aromatic carbocycles. The number of nitrogens with zero attached hydrogens (tertiary/aromatic N) is 1. The number of benzene rings is 2. The lowest BCUT2D eigenvalue weighted by molar-refractivity contribution is 1.36. The van der Waals surface area contributed by atoms with Gasteiger partial charge in [0, 0.05) is 29.0 Å². The van der Waals surface area contributed by atoms with Crippen LogP contribution in [-0.2, 0) is 0 Å². The third-order valence-corrected chi connectivity index (χ3v) is 2.87. The lowest BCUT2D eigenvalue weighted by Gasteiger charge is -2.06. The summed E-state index contributed by atoms with van der Waals surface area (Å²) < 4.78 is 0. The van der Waals surface area contributed by atoms with Gasteiger partial charge >= 0.3 is 0 Å². The van der Waals surface area contributed by atoms with Crippen LogP contribution in [0.4, 0.5) is 5.69 Å². The first-order valence-electron chi connectivity index (χ1n) is 5.53. The average Bonchev–Trinajstić information content (AvgIpc) is 2.38. The minimum atomic E-state index is 0.774. The molecule has 0 unspecified atom stereocenters. The molecule has 0 saturated heterocycles. The Morgan fingerprint density at radius 1 is 0.882 bits per heavy atom. The van der Waals surface area contributed by atoms with Crippen molar-refractivity contribution in [1.82, 2.24) is 4.98 Å². The number of fused-ring (bicyclic) bond motifs is 1. The number of anilines is 1. The van der Waals surface area contributed by atoms with Crippen LogP contribution in [0.1, 0.15) is 0 Å². The van der Waals surface area contributed by atoms with E-state index < -0.39 is 0 Å². The van der Waals surface area contributed by atoms with Crippen LogP contribution in [0.25, 0.3) is 21.9 Å². The molecule has 0 aliphatic carbocycles. The fourth-order valence-corrected chi connectivity index (χ4v) is 2.05. The fraction of sp³-hybridized carbons (Fsp3) is 0. The van der Waals surface area contributed by atoms with Crippen LogP contribution in [0.15, 0.2) is 60.9 Å². The van der Waals surface area contributed by atoms with Crippen LogP contribution < -0.4 is 5.73 Å². The highest BCUT2D eigenvalue weighted by Gasteiger charge is 2.03. The van der Waals surface area contributed by atoms with Crippen LogP contribution in [0.2, 0.25) is 0 Å². The van der Waals surface area contributed by atoms with Gasteiger partial charge in [-0.15, -0.1) is 0 Å². The Labute approximate surface area is 99.7 Å². The van der Waals surface area contributed by atoms with Gasteiger partial charge in [0.1, 0.15) is 0 Å². The SMILES string of the molecule is Nc1cccc(-c2cncc3ccccc23)c1. The van der Waals surface area contributed by atoms with Crippen molar-refractivity contribution in [2.45, 2.75) is 0 Å². The number of nitrogen functional groups attached to an aromatic ring is 1. The van der Waals surface area contributed by atoms with E-state index >= 15 is 0 Å². The van der Waals surface area contributed by atoms with Crippen molar-refractivity contribution in [2.75, 3.05) is 5.73 Å². The molecule has 0 atom stereocenters. The molecule has 2 heteroatoms. The topological polar surface area (TPSA) is 38.9 Å². The van der Waals surface area contributed by atoms with E-state index in [1.165, 1.54) is 5.39 Å². The van der Waals surface area contributed by atoms with E-state index in [9.17, 15) is 0 Å². The van der Waals surface area contributed by atoms with Gasteiger partial charge in [-0.1, -0.05) is 36.4 Å². The van der Waals surface area contributed by atoms with Crippen molar-refractivity contribution < 1.29 is 0 Å². The van der Waals surface area contributed by atoms with E-state index in [2.05, 4.69) is 23.2 Å². The van der Waals surface area contributed by atoms with Crippen LogP contribution in [0, 0.1) is 0 Å². The summed E-state index contributed by atoms with van der Waals surface area (Å²) in [5.41, 5.74) is 8.82. The number of hydrogen-bond acceptors (Lipinski definition) is 2. The fourth-order valence-electron chi connectivity index (χ4n) is 2.05. The molecular weight excluding hydrogens is 208 g/mol. The second-order valence-corrected chi connectivity index (χ2v) is 4.03. The van der Waals surface area contributed by atoms with Gasteiger partial charge in [-0.25, -0.2) is 0 Å². The first-order chi connectivity index (χ1) is 8.34. The van der Waals surface area contributed by atoms with Crippen molar-refractivity contribution in [1.29, 1.82) is 0 Å². The first-order valence-corrected chi connectivity index (χ1v) is 5.53. The van der Waals surface area contributed by atoms with E-state index in [0.717, 1.165) is 22.2 Å². The highest BCUT2D eigenvalue weighted by Crippen LogP contribution is 2.28. The molecule has 0 amide bonds. The zero-order valence-electron chi connectivity index (χ0n) is 9.30. The molecule has 2 N–H and O–H groups in total. The molecule has 3 rings (SSSR count). The van der Waals surface area contributed by atoms with Crippen molar-refractivity contribution >= 4 is 16.5 Å². The van der Waals surface area contributed by atoms with Crippen LogP contribution >= 0.6 is 0 Å². The third kappa shape index (κ3) is 1.74. The Balaban J connectivity index is 2.30. The van der Waals surface area contributed by atoms with Crippen molar-refractivity contribution in [3.63, 3.8) is 0 Å². The van der Waals surface area contributed by atoms with Crippen molar-refractivity contribution in [3.8, 4) is 11.1 Å². The van der Waals surface area contributed by atoms with Gasteiger partial charge in [-0.2, -0.15) is 0 Å². The van der Waals surface area contributed by atoms with Gasteiger partial charge in [-0.05, 0) is 23.1 Å². The summed E-state index contributed by atoms with van der Waals surface area (Å²) in [4.78, 5) is 4.28. The molecule has 82 valence electrons. The van der Waals surface area contributed by atoms with Gasteiger partial charge in [-0.3, -0.25) is 4.98 Å². The average molecular weight is 220 g/mol. The summed E-state index contributed by atoms with van der Waals surface area (Å²) >= 11 is 0. The quantitative estimate of drug-likeness (QED) is 0.637. The number of hydrogen-bond donors (Lipinski definition) is 1. The van der Waals surface area contributed by atoms with Gasteiger partial charge in [0.15, 0.2) is 0 Å². The molecule has 3 aromatic rings. The molecule has 2 nitrogen and oxygen atoms in total. The smallest absolute Gasteiger partial charge is 0.0352 e.